The Hall–Kier alpha value is -1.29. The molecule has 0 amide bonds. The summed E-state index contributed by atoms with van der Waals surface area (Å²) in [6.07, 6.45) is 2.60. The molecule has 0 aliphatic heterocycles. The molecule has 4 nitrogen and oxygen atoms in total. The molecule has 0 aliphatic carbocycles. The number of methoxy groups -OCH3 is 1. The van der Waals surface area contributed by atoms with Crippen molar-refractivity contribution in [1.82, 2.24) is 4.98 Å². The maximum atomic E-state index is 9.27. The van der Waals surface area contributed by atoms with Crippen LogP contribution in [0.3, 0.4) is 0 Å². The van der Waals surface area contributed by atoms with Gasteiger partial charge in [0.25, 0.3) is 0 Å². The molecule has 1 unspecified atom stereocenters. The SMILES string of the molecule is COc1cccnc1NC(CO)CC(C)C. The molecule has 0 saturated carbocycles. The molecule has 0 bridgehead atoms. The first-order valence-corrected chi connectivity index (χ1v) is 5.53. The fourth-order valence-corrected chi connectivity index (χ4v) is 1.61. The number of aliphatic hydroxyl groups is 1. The van der Waals surface area contributed by atoms with Crippen molar-refractivity contribution in [3.63, 3.8) is 0 Å². The van der Waals surface area contributed by atoms with Crippen LogP contribution in [0.15, 0.2) is 18.3 Å². The van der Waals surface area contributed by atoms with E-state index in [1.54, 1.807) is 13.3 Å². The minimum atomic E-state index is 0.0174. The average Bonchev–Trinajstić information content (AvgIpc) is 2.28. The summed E-state index contributed by atoms with van der Waals surface area (Å²) in [6, 6.07) is 3.68. The molecule has 1 heterocycles. The van der Waals surface area contributed by atoms with Crippen molar-refractivity contribution >= 4 is 5.82 Å². The Labute approximate surface area is 96.7 Å². The maximum Gasteiger partial charge on any atom is 0.169 e. The summed E-state index contributed by atoms with van der Waals surface area (Å²) in [5.41, 5.74) is 0. The quantitative estimate of drug-likeness (QED) is 0.775. The summed E-state index contributed by atoms with van der Waals surface area (Å²) in [5, 5.41) is 12.5. The lowest BCUT2D eigenvalue weighted by molar-refractivity contribution is 0.258. The molecule has 1 atom stereocenters. The van der Waals surface area contributed by atoms with Crippen LogP contribution in [0, 0.1) is 5.92 Å². The van der Waals surface area contributed by atoms with Crippen molar-refractivity contribution in [2.45, 2.75) is 26.3 Å². The van der Waals surface area contributed by atoms with Gasteiger partial charge in [0, 0.05) is 6.20 Å². The van der Waals surface area contributed by atoms with E-state index >= 15 is 0 Å². The van der Waals surface area contributed by atoms with E-state index in [1.165, 1.54) is 0 Å². The summed E-state index contributed by atoms with van der Waals surface area (Å²) in [7, 11) is 1.61. The average molecular weight is 224 g/mol. The van der Waals surface area contributed by atoms with Gasteiger partial charge in [-0.1, -0.05) is 13.8 Å². The molecule has 0 aliphatic rings. The molecule has 4 heteroatoms. The zero-order chi connectivity index (χ0) is 12.0. The first-order valence-electron chi connectivity index (χ1n) is 5.53. The van der Waals surface area contributed by atoms with Gasteiger partial charge in [-0.25, -0.2) is 4.98 Å². The van der Waals surface area contributed by atoms with Crippen molar-refractivity contribution in [1.29, 1.82) is 0 Å². The van der Waals surface area contributed by atoms with E-state index in [1.807, 2.05) is 12.1 Å². The molecule has 90 valence electrons. The van der Waals surface area contributed by atoms with Gasteiger partial charge in [0.15, 0.2) is 11.6 Å². The highest BCUT2D eigenvalue weighted by molar-refractivity contribution is 5.50. The molecular formula is C12H20N2O2. The molecule has 1 aromatic heterocycles. The van der Waals surface area contributed by atoms with E-state index < -0.39 is 0 Å². The predicted octanol–water partition coefficient (Wildman–Crippen LogP) is 1.91. The number of nitrogens with one attached hydrogen (secondary N) is 1. The van der Waals surface area contributed by atoms with Crippen LogP contribution in [0.4, 0.5) is 5.82 Å². The standard InChI is InChI=1S/C12H20N2O2/c1-9(2)7-10(8-15)14-12-11(16-3)5-4-6-13-12/h4-6,9-10,15H,7-8H2,1-3H3,(H,13,14). The predicted molar refractivity (Wildman–Crippen MR) is 64.7 cm³/mol. The van der Waals surface area contributed by atoms with Crippen molar-refractivity contribution in [2.75, 3.05) is 19.0 Å². The first kappa shape index (κ1) is 12.8. The van der Waals surface area contributed by atoms with Crippen molar-refractivity contribution in [2.24, 2.45) is 5.92 Å². The second-order valence-electron chi connectivity index (χ2n) is 4.21. The normalized spacial score (nSPS) is 12.6. The highest BCUT2D eigenvalue weighted by atomic mass is 16.5. The second-order valence-corrected chi connectivity index (χ2v) is 4.21. The number of anilines is 1. The van der Waals surface area contributed by atoms with E-state index in [0.29, 0.717) is 17.5 Å². The first-order chi connectivity index (χ1) is 7.67. The van der Waals surface area contributed by atoms with Crippen LogP contribution < -0.4 is 10.1 Å². The zero-order valence-corrected chi connectivity index (χ0v) is 10.1. The van der Waals surface area contributed by atoms with Crippen LogP contribution in [-0.4, -0.2) is 29.8 Å². The number of aliphatic hydroxyl groups excluding tert-OH is 1. The smallest absolute Gasteiger partial charge is 0.169 e. The number of hydrogen-bond donors (Lipinski definition) is 2. The van der Waals surface area contributed by atoms with E-state index in [-0.39, 0.29) is 12.6 Å². The van der Waals surface area contributed by atoms with Gasteiger partial charge in [0.05, 0.1) is 19.8 Å². The Morgan fingerprint density at radius 3 is 2.81 bits per heavy atom. The molecule has 2 N–H and O–H groups in total. The third kappa shape index (κ3) is 3.70. The molecule has 1 rings (SSSR count). The largest absolute Gasteiger partial charge is 0.493 e. The summed E-state index contributed by atoms with van der Waals surface area (Å²) < 4.78 is 5.19. The molecule has 16 heavy (non-hydrogen) atoms. The Balaban J connectivity index is 2.69. The van der Waals surface area contributed by atoms with Crippen molar-refractivity contribution < 1.29 is 9.84 Å². The summed E-state index contributed by atoms with van der Waals surface area (Å²) in [5.74, 6) is 1.91. The number of aromatic nitrogens is 1. The van der Waals surface area contributed by atoms with Gasteiger partial charge < -0.3 is 15.2 Å². The second kappa shape index (κ2) is 6.33. The third-order valence-electron chi connectivity index (χ3n) is 2.31. The highest BCUT2D eigenvalue weighted by Gasteiger charge is 2.12. The van der Waals surface area contributed by atoms with E-state index in [0.717, 1.165) is 6.42 Å². The summed E-state index contributed by atoms with van der Waals surface area (Å²) in [4.78, 5) is 4.20. The topological polar surface area (TPSA) is 54.4 Å². The van der Waals surface area contributed by atoms with Gasteiger partial charge in [-0.3, -0.25) is 0 Å². The molecule has 0 fully saturated rings. The third-order valence-corrected chi connectivity index (χ3v) is 2.31. The molecule has 0 radical (unpaired) electrons. The molecule has 0 saturated heterocycles. The van der Waals surface area contributed by atoms with Gasteiger partial charge >= 0.3 is 0 Å². The monoisotopic (exact) mass is 224 g/mol. The molecular weight excluding hydrogens is 204 g/mol. The minimum absolute atomic E-state index is 0.0174. The van der Waals surface area contributed by atoms with Crippen LogP contribution in [0.25, 0.3) is 0 Å². The fourth-order valence-electron chi connectivity index (χ4n) is 1.61. The fraction of sp³-hybridized carbons (Fsp3) is 0.583. The number of rotatable bonds is 6. The van der Waals surface area contributed by atoms with E-state index in [2.05, 4.69) is 24.1 Å². The van der Waals surface area contributed by atoms with Gasteiger partial charge in [0.1, 0.15) is 0 Å². The molecule has 0 spiro atoms. The lowest BCUT2D eigenvalue weighted by Crippen LogP contribution is -2.26. The summed E-state index contributed by atoms with van der Waals surface area (Å²) in [6.45, 7) is 4.35. The molecule has 1 aromatic rings. The Morgan fingerprint density at radius 2 is 2.25 bits per heavy atom. The lowest BCUT2D eigenvalue weighted by Gasteiger charge is -2.19. The van der Waals surface area contributed by atoms with Gasteiger partial charge in [-0.05, 0) is 24.5 Å². The number of nitrogens with zero attached hydrogens (tertiary/aromatic N) is 1. The van der Waals surface area contributed by atoms with Crippen LogP contribution in [-0.2, 0) is 0 Å². The molecule has 0 aromatic carbocycles. The Kier molecular flexibility index (Phi) is 5.05. The lowest BCUT2D eigenvalue weighted by atomic mass is 10.0. The van der Waals surface area contributed by atoms with Crippen LogP contribution in [0.5, 0.6) is 5.75 Å². The van der Waals surface area contributed by atoms with E-state index in [4.69, 9.17) is 4.74 Å². The van der Waals surface area contributed by atoms with Crippen LogP contribution in [0.2, 0.25) is 0 Å². The van der Waals surface area contributed by atoms with Gasteiger partial charge in [-0.2, -0.15) is 0 Å². The van der Waals surface area contributed by atoms with Crippen molar-refractivity contribution in [3.8, 4) is 5.75 Å². The van der Waals surface area contributed by atoms with Crippen LogP contribution in [0.1, 0.15) is 20.3 Å². The number of pyridine rings is 1. The van der Waals surface area contributed by atoms with Crippen LogP contribution >= 0.6 is 0 Å². The minimum Gasteiger partial charge on any atom is -0.493 e. The Morgan fingerprint density at radius 1 is 1.50 bits per heavy atom. The van der Waals surface area contributed by atoms with E-state index in [9.17, 15) is 5.11 Å². The highest BCUT2D eigenvalue weighted by Crippen LogP contribution is 2.22. The van der Waals surface area contributed by atoms with Crippen molar-refractivity contribution in [3.05, 3.63) is 18.3 Å². The summed E-state index contributed by atoms with van der Waals surface area (Å²) >= 11 is 0. The number of hydrogen-bond acceptors (Lipinski definition) is 4. The maximum absolute atomic E-state index is 9.27. The number of ether oxygens (including phenoxy) is 1. The van der Waals surface area contributed by atoms with Gasteiger partial charge in [-0.15, -0.1) is 0 Å². The zero-order valence-electron chi connectivity index (χ0n) is 10.1. The Bertz CT molecular complexity index is 316. The van der Waals surface area contributed by atoms with Gasteiger partial charge in [0.2, 0.25) is 0 Å².